The van der Waals surface area contributed by atoms with Crippen molar-refractivity contribution in [2.75, 3.05) is 13.1 Å². The summed E-state index contributed by atoms with van der Waals surface area (Å²) in [5, 5.41) is 7.00. The Morgan fingerprint density at radius 1 is 1.26 bits per heavy atom. The molecule has 6 heteroatoms. The third kappa shape index (κ3) is 3.25. The monoisotopic (exact) mass is 311 g/mol. The van der Waals surface area contributed by atoms with Crippen molar-refractivity contribution < 1.29 is 4.79 Å². The molecule has 1 aliphatic carbocycles. The molecule has 1 atom stereocenters. The SMILES string of the molecule is O=C(c1cnc(C2CC2)nc1)N1CCC[C@@H](Cc2ccn[nH]2)C1. The summed E-state index contributed by atoms with van der Waals surface area (Å²) in [6.45, 7) is 1.62. The Hall–Kier alpha value is -2.24. The number of hydrogen-bond acceptors (Lipinski definition) is 4. The van der Waals surface area contributed by atoms with Gasteiger partial charge in [-0.1, -0.05) is 0 Å². The Bertz CT molecular complexity index is 663. The van der Waals surface area contributed by atoms with Crippen molar-refractivity contribution in [3.05, 3.63) is 41.7 Å². The van der Waals surface area contributed by atoms with Gasteiger partial charge in [0.1, 0.15) is 5.82 Å². The van der Waals surface area contributed by atoms with Crippen molar-refractivity contribution in [2.45, 2.75) is 38.0 Å². The Labute approximate surface area is 135 Å². The van der Waals surface area contributed by atoms with Gasteiger partial charge in [-0.05, 0) is 44.1 Å². The van der Waals surface area contributed by atoms with Crippen LogP contribution in [0.3, 0.4) is 0 Å². The number of aromatic nitrogens is 4. The average molecular weight is 311 g/mol. The molecular weight excluding hydrogens is 290 g/mol. The molecule has 23 heavy (non-hydrogen) atoms. The van der Waals surface area contributed by atoms with E-state index in [2.05, 4.69) is 20.2 Å². The lowest BCUT2D eigenvalue weighted by atomic mass is 9.93. The van der Waals surface area contributed by atoms with Crippen molar-refractivity contribution in [1.82, 2.24) is 25.1 Å². The zero-order valence-corrected chi connectivity index (χ0v) is 13.1. The highest BCUT2D eigenvalue weighted by molar-refractivity contribution is 5.93. The van der Waals surface area contributed by atoms with E-state index in [-0.39, 0.29) is 5.91 Å². The maximum absolute atomic E-state index is 12.7. The molecular formula is C17H21N5O. The quantitative estimate of drug-likeness (QED) is 0.939. The molecule has 1 amide bonds. The molecule has 0 unspecified atom stereocenters. The Balaban J connectivity index is 1.40. The number of nitrogens with one attached hydrogen (secondary N) is 1. The van der Waals surface area contributed by atoms with Gasteiger partial charge < -0.3 is 4.90 Å². The number of rotatable bonds is 4. The first-order valence-corrected chi connectivity index (χ1v) is 8.39. The number of carbonyl (C=O) groups is 1. The van der Waals surface area contributed by atoms with Gasteiger partial charge in [0.2, 0.25) is 0 Å². The normalized spacial score (nSPS) is 21.4. The summed E-state index contributed by atoms with van der Waals surface area (Å²) in [4.78, 5) is 23.3. The fourth-order valence-corrected chi connectivity index (χ4v) is 3.31. The summed E-state index contributed by atoms with van der Waals surface area (Å²) in [5.74, 6) is 1.95. The number of piperidine rings is 1. The molecule has 0 spiro atoms. The van der Waals surface area contributed by atoms with Crippen LogP contribution >= 0.6 is 0 Å². The van der Waals surface area contributed by atoms with E-state index in [9.17, 15) is 4.79 Å². The van der Waals surface area contributed by atoms with E-state index >= 15 is 0 Å². The Morgan fingerprint density at radius 3 is 2.78 bits per heavy atom. The van der Waals surface area contributed by atoms with Crippen molar-refractivity contribution >= 4 is 5.91 Å². The zero-order valence-electron chi connectivity index (χ0n) is 13.1. The molecule has 1 aliphatic heterocycles. The third-order valence-corrected chi connectivity index (χ3v) is 4.73. The summed E-state index contributed by atoms with van der Waals surface area (Å²) in [7, 11) is 0. The molecule has 0 bridgehead atoms. The van der Waals surface area contributed by atoms with Gasteiger partial charge in [0, 0.05) is 43.3 Å². The fourth-order valence-electron chi connectivity index (χ4n) is 3.31. The molecule has 6 nitrogen and oxygen atoms in total. The number of carbonyl (C=O) groups excluding carboxylic acids is 1. The number of likely N-dealkylation sites (tertiary alicyclic amines) is 1. The highest BCUT2D eigenvalue weighted by atomic mass is 16.2. The first kappa shape index (κ1) is 14.4. The predicted molar refractivity (Wildman–Crippen MR) is 84.9 cm³/mol. The Morgan fingerprint density at radius 2 is 2.09 bits per heavy atom. The van der Waals surface area contributed by atoms with Crippen LogP contribution in [0.15, 0.2) is 24.7 Å². The summed E-state index contributed by atoms with van der Waals surface area (Å²) in [6, 6.07) is 2.01. The highest BCUT2D eigenvalue weighted by Gasteiger charge is 2.28. The van der Waals surface area contributed by atoms with Gasteiger partial charge in [-0.15, -0.1) is 0 Å². The number of amides is 1. The minimum Gasteiger partial charge on any atom is -0.338 e. The second-order valence-electron chi connectivity index (χ2n) is 6.65. The third-order valence-electron chi connectivity index (χ3n) is 4.73. The van der Waals surface area contributed by atoms with Gasteiger partial charge in [-0.3, -0.25) is 9.89 Å². The van der Waals surface area contributed by atoms with E-state index in [4.69, 9.17) is 0 Å². The van der Waals surface area contributed by atoms with Crippen LogP contribution in [0.4, 0.5) is 0 Å². The van der Waals surface area contributed by atoms with E-state index in [0.29, 0.717) is 17.4 Å². The lowest BCUT2D eigenvalue weighted by molar-refractivity contribution is 0.0672. The molecule has 1 N–H and O–H groups in total. The molecule has 4 rings (SSSR count). The van der Waals surface area contributed by atoms with Gasteiger partial charge >= 0.3 is 0 Å². The largest absolute Gasteiger partial charge is 0.338 e. The molecule has 0 radical (unpaired) electrons. The minimum atomic E-state index is 0.0571. The van der Waals surface area contributed by atoms with Crippen LogP contribution in [0.25, 0.3) is 0 Å². The number of nitrogens with zero attached hydrogens (tertiary/aromatic N) is 4. The fraction of sp³-hybridized carbons (Fsp3) is 0.529. The maximum Gasteiger partial charge on any atom is 0.256 e. The maximum atomic E-state index is 12.7. The number of aromatic amines is 1. The van der Waals surface area contributed by atoms with Crippen LogP contribution < -0.4 is 0 Å². The smallest absolute Gasteiger partial charge is 0.256 e. The van der Waals surface area contributed by atoms with Gasteiger partial charge in [-0.25, -0.2) is 9.97 Å². The molecule has 2 aromatic heterocycles. The van der Waals surface area contributed by atoms with E-state index in [1.54, 1.807) is 18.6 Å². The van der Waals surface area contributed by atoms with Crippen molar-refractivity contribution in [3.8, 4) is 0 Å². The second kappa shape index (κ2) is 6.10. The first-order chi connectivity index (χ1) is 11.3. The lowest BCUT2D eigenvalue weighted by Gasteiger charge is -2.32. The topological polar surface area (TPSA) is 74.8 Å². The lowest BCUT2D eigenvalue weighted by Crippen LogP contribution is -2.40. The number of H-pyrrole nitrogens is 1. The molecule has 0 aromatic carbocycles. The molecule has 3 heterocycles. The van der Waals surface area contributed by atoms with Crippen molar-refractivity contribution in [2.24, 2.45) is 5.92 Å². The standard InChI is InChI=1S/C17H21N5O/c23-17(14-9-18-16(19-10-14)13-3-4-13)22-7-1-2-12(11-22)8-15-5-6-20-21-15/h5-6,9-10,12-13H,1-4,7-8,11H2,(H,20,21)/t12-/m0/s1. The van der Waals surface area contributed by atoms with Crippen molar-refractivity contribution in [3.63, 3.8) is 0 Å². The van der Waals surface area contributed by atoms with Crippen LogP contribution in [-0.4, -0.2) is 44.1 Å². The van der Waals surface area contributed by atoms with Crippen LogP contribution in [0.2, 0.25) is 0 Å². The molecule has 1 saturated heterocycles. The van der Waals surface area contributed by atoms with Crippen molar-refractivity contribution in [1.29, 1.82) is 0 Å². The first-order valence-electron chi connectivity index (χ1n) is 8.39. The van der Waals surface area contributed by atoms with Crippen LogP contribution in [0.5, 0.6) is 0 Å². The molecule has 120 valence electrons. The van der Waals surface area contributed by atoms with Crippen LogP contribution in [0.1, 0.15) is 53.5 Å². The van der Waals surface area contributed by atoms with Crippen LogP contribution in [0, 0.1) is 5.92 Å². The van der Waals surface area contributed by atoms with E-state index < -0.39 is 0 Å². The highest BCUT2D eigenvalue weighted by Crippen LogP contribution is 2.37. The summed E-state index contributed by atoms with van der Waals surface area (Å²) in [6.07, 6.45) is 10.7. The summed E-state index contributed by atoms with van der Waals surface area (Å²) < 4.78 is 0. The van der Waals surface area contributed by atoms with E-state index in [1.165, 1.54) is 12.8 Å². The minimum absolute atomic E-state index is 0.0571. The van der Waals surface area contributed by atoms with E-state index in [1.807, 2.05) is 11.0 Å². The second-order valence-corrected chi connectivity index (χ2v) is 6.65. The van der Waals surface area contributed by atoms with E-state index in [0.717, 1.165) is 43.9 Å². The average Bonchev–Trinajstić information content (AvgIpc) is 3.33. The summed E-state index contributed by atoms with van der Waals surface area (Å²) >= 11 is 0. The summed E-state index contributed by atoms with van der Waals surface area (Å²) in [5.41, 5.74) is 1.75. The van der Waals surface area contributed by atoms with Gasteiger partial charge in [0.25, 0.3) is 5.91 Å². The van der Waals surface area contributed by atoms with Gasteiger partial charge in [0.05, 0.1) is 5.56 Å². The molecule has 2 aromatic rings. The van der Waals surface area contributed by atoms with Gasteiger partial charge in [-0.2, -0.15) is 5.10 Å². The number of hydrogen-bond donors (Lipinski definition) is 1. The predicted octanol–water partition coefficient (Wildman–Crippen LogP) is 2.17. The molecule has 1 saturated carbocycles. The molecule has 2 fully saturated rings. The van der Waals surface area contributed by atoms with Gasteiger partial charge in [0.15, 0.2) is 0 Å². The molecule has 2 aliphatic rings. The Kier molecular flexibility index (Phi) is 3.81. The van der Waals surface area contributed by atoms with Crippen LogP contribution in [-0.2, 0) is 6.42 Å². The zero-order chi connectivity index (χ0) is 15.6.